The van der Waals surface area contributed by atoms with Gasteiger partial charge in [0.05, 0.1) is 6.04 Å². The number of hydrogen-bond donors (Lipinski definition) is 0. The first kappa shape index (κ1) is 8.24. The van der Waals surface area contributed by atoms with Gasteiger partial charge in [-0.1, -0.05) is 13.8 Å². The lowest BCUT2D eigenvalue weighted by atomic mass is 9.99. The molecule has 1 aliphatic heterocycles. The Bertz CT molecular complexity index is 234. The van der Waals surface area contributed by atoms with E-state index in [1.807, 2.05) is 0 Å². The van der Waals surface area contributed by atoms with E-state index < -0.39 is 0 Å². The minimum Gasteiger partial charge on any atom is -0.298 e. The smallest absolute Gasteiger partial charge is 0.147 e. The van der Waals surface area contributed by atoms with E-state index in [2.05, 4.69) is 25.8 Å². The van der Waals surface area contributed by atoms with Crippen LogP contribution in [0.3, 0.4) is 0 Å². The molecule has 68 valence electrons. The Kier molecular flexibility index (Phi) is 1.45. The highest BCUT2D eigenvalue weighted by atomic mass is 16.1. The highest BCUT2D eigenvalue weighted by Crippen LogP contribution is 2.64. The van der Waals surface area contributed by atoms with Gasteiger partial charge in [0.1, 0.15) is 5.78 Å². The van der Waals surface area contributed by atoms with Gasteiger partial charge in [0.25, 0.3) is 0 Å². The summed E-state index contributed by atoms with van der Waals surface area (Å²) in [5, 5.41) is 0. The molecule has 0 bridgehead atoms. The Hall–Kier alpha value is -0.370. The summed E-state index contributed by atoms with van der Waals surface area (Å²) in [5.41, 5.74) is 0.433. The van der Waals surface area contributed by atoms with E-state index in [0.29, 0.717) is 17.1 Å². The van der Waals surface area contributed by atoms with Gasteiger partial charge in [0.2, 0.25) is 0 Å². The van der Waals surface area contributed by atoms with Crippen LogP contribution in [0.2, 0.25) is 0 Å². The van der Waals surface area contributed by atoms with Crippen LogP contribution in [0.4, 0.5) is 0 Å². The molecule has 0 spiro atoms. The van der Waals surface area contributed by atoms with Gasteiger partial charge >= 0.3 is 0 Å². The minimum absolute atomic E-state index is 0.213. The Morgan fingerprint density at radius 3 is 2.42 bits per heavy atom. The molecule has 2 rings (SSSR count). The van der Waals surface area contributed by atoms with Crippen molar-refractivity contribution in [2.24, 2.45) is 17.3 Å². The van der Waals surface area contributed by atoms with Crippen LogP contribution in [0.15, 0.2) is 0 Å². The number of fused-ring (bicyclic) bond motifs is 1. The zero-order chi connectivity index (χ0) is 9.09. The number of Topliss-reactive ketones (excluding diaryl/α,β-unsaturated/α-hetero) is 1. The molecular formula is C10H17NO. The lowest BCUT2D eigenvalue weighted by Gasteiger charge is -2.24. The number of ketones is 1. The van der Waals surface area contributed by atoms with E-state index in [9.17, 15) is 4.79 Å². The molecule has 0 aromatic carbocycles. The molecule has 1 aliphatic carbocycles. The molecule has 0 amide bonds. The Labute approximate surface area is 73.9 Å². The summed E-state index contributed by atoms with van der Waals surface area (Å²) < 4.78 is 0. The Morgan fingerprint density at radius 2 is 2.08 bits per heavy atom. The van der Waals surface area contributed by atoms with Gasteiger partial charge in [0.15, 0.2) is 0 Å². The second-order valence-corrected chi connectivity index (χ2v) is 4.95. The number of carbonyl (C=O) groups is 1. The van der Waals surface area contributed by atoms with Crippen molar-refractivity contribution in [2.75, 3.05) is 13.6 Å². The molecule has 2 aliphatic rings. The molecule has 1 saturated heterocycles. The number of piperidine rings is 1. The van der Waals surface area contributed by atoms with Gasteiger partial charge in [-0.25, -0.2) is 0 Å². The van der Waals surface area contributed by atoms with Crippen molar-refractivity contribution in [3.05, 3.63) is 0 Å². The van der Waals surface area contributed by atoms with E-state index >= 15 is 0 Å². The largest absolute Gasteiger partial charge is 0.298 e. The van der Waals surface area contributed by atoms with Crippen molar-refractivity contribution in [3.63, 3.8) is 0 Å². The van der Waals surface area contributed by atoms with Crippen molar-refractivity contribution in [1.82, 2.24) is 4.90 Å². The molecule has 1 heterocycles. The predicted molar refractivity (Wildman–Crippen MR) is 47.9 cm³/mol. The van der Waals surface area contributed by atoms with Crippen LogP contribution in [0.1, 0.15) is 20.8 Å². The van der Waals surface area contributed by atoms with Gasteiger partial charge in [-0.15, -0.1) is 0 Å². The standard InChI is InChI=1S/C10H17NO/c1-6(12)9-8-7(5-11(9)4)10(8,2)3/h7-9H,5H2,1-4H3/t7?,8?,9-/m1/s1. The second kappa shape index (κ2) is 2.11. The van der Waals surface area contributed by atoms with Crippen molar-refractivity contribution < 1.29 is 4.79 Å². The normalized spacial score (nSPS) is 44.2. The third-order valence-corrected chi connectivity index (χ3v) is 3.86. The van der Waals surface area contributed by atoms with Crippen molar-refractivity contribution in [3.8, 4) is 0 Å². The number of nitrogens with zero attached hydrogens (tertiary/aromatic N) is 1. The highest BCUT2D eigenvalue weighted by molar-refractivity contribution is 5.83. The van der Waals surface area contributed by atoms with Gasteiger partial charge < -0.3 is 0 Å². The molecular weight excluding hydrogens is 150 g/mol. The van der Waals surface area contributed by atoms with Crippen molar-refractivity contribution >= 4 is 5.78 Å². The van der Waals surface area contributed by atoms with Gasteiger partial charge in [-0.3, -0.25) is 9.69 Å². The fourth-order valence-corrected chi connectivity index (χ4v) is 3.02. The zero-order valence-corrected chi connectivity index (χ0v) is 8.29. The third-order valence-electron chi connectivity index (χ3n) is 3.86. The Balaban J connectivity index is 2.19. The number of likely N-dealkylation sites (N-methyl/N-ethyl adjacent to an activating group) is 1. The summed E-state index contributed by atoms with van der Waals surface area (Å²) in [6, 6.07) is 0.213. The summed E-state index contributed by atoms with van der Waals surface area (Å²) in [6.07, 6.45) is 0. The van der Waals surface area contributed by atoms with E-state index in [1.54, 1.807) is 6.92 Å². The summed E-state index contributed by atoms with van der Waals surface area (Å²) in [5.74, 6) is 1.76. The second-order valence-electron chi connectivity index (χ2n) is 4.95. The highest BCUT2D eigenvalue weighted by Gasteiger charge is 2.66. The molecule has 2 nitrogen and oxygen atoms in total. The lowest BCUT2D eigenvalue weighted by molar-refractivity contribution is -0.122. The number of carbonyl (C=O) groups excluding carboxylic acids is 1. The first-order chi connectivity index (χ1) is 5.46. The van der Waals surface area contributed by atoms with E-state index in [1.165, 1.54) is 0 Å². The van der Waals surface area contributed by atoms with Gasteiger partial charge in [-0.2, -0.15) is 0 Å². The first-order valence-electron chi connectivity index (χ1n) is 4.67. The molecule has 2 heteroatoms. The van der Waals surface area contributed by atoms with Crippen LogP contribution < -0.4 is 0 Å². The molecule has 1 saturated carbocycles. The van der Waals surface area contributed by atoms with Crippen molar-refractivity contribution in [1.29, 1.82) is 0 Å². The van der Waals surface area contributed by atoms with Crippen LogP contribution in [-0.2, 0) is 4.79 Å². The number of hydrogen-bond acceptors (Lipinski definition) is 2. The maximum absolute atomic E-state index is 11.3. The zero-order valence-electron chi connectivity index (χ0n) is 8.29. The van der Waals surface area contributed by atoms with Crippen LogP contribution >= 0.6 is 0 Å². The average Bonchev–Trinajstić information content (AvgIpc) is 2.40. The summed E-state index contributed by atoms with van der Waals surface area (Å²) in [7, 11) is 2.06. The summed E-state index contributed by atoms with van der Waals surface area (Å²) in [6.45, 7) is 7.40. The van der Waals surface area contributed by atoms with E-state index in [4.69, 9.17) is 0 Å². The van der Waals surface area contributed by atoms with Crippen LogP contribution in [0.5, 0.6) is 0 Å². The summed E-state index contributed by atoms with van der Waals surface area (Å²) >= 11 is 0. The molecule has 2 fully saturated rings. The molecule has 12 heavy (non-hydrogen) atoms. The SMILES string of the molecule is CC(=O)[C@@H]1C2C(CN1C)C2(C)C. The molecule has 3 atom stereocenters. The molecule has 0 N–H and O–H groups in total. The van der Waals surface area contributed by atoms with Crippen molar-refractivity contribution in [2.45, 2.75) is 26.8 Å². The fourth-order valence-electron chi connectivity index (χ4n) is 3.02. The molecule has 0 aromatic heterocycles. The summed E-state index contributed by atoms with van der Waals surface area (Å²) in [4.78, 5) is 13.6. The monoisotopic (exact) mass is 167 g/mol. The van der Waals surface area contributed by atoms with E-state index in [-0.39, 0.29) is 6.04 Å². The molecule has 0 radical (unpaired) electrons. The maximum atomic E-state index is 11.3. The number of rotatable bonds is 1. The third kappa shape index (κ3) is 0.817. The minimum atomic E-state index is 0.213. The first-order valence-corrected chi connectivity index (χ1v) is 4.67. The quantitative estimate of drug-likeness (QED) is 0.584. The molecule has 2 unspecified atom stereocenters. The van der Waals surface area contributed by atoms with Crippen LogP contribution in [0.25, 0.3) is 0 Å². The van der Waals surface area contributed by atoms with Crippen LogP contribution in [-0.4, -0.2) is 30.3 Å². The van der Waals surface area contributed by atoms with E-state index in [0.717, 1.165) is 12.5 Å². The van der Waals surface area contributed by atoms with Gasteiger partial charge in [-0.05, 0) is 31.2 Å². The topological polar surface area (TPSA) is 20.3 Å². The van der Waals surface area contributed by atoms with Gasteiger partial charge in [0, 0.05) is 6.54 Å². The lowest BCUT2D eigenvalue weighted by Crippen LogP contribution is -2.37. The Morgan fingerprint density at radius 1 is 1.50 bits per heavy atom. The predicted octanol–water partition coefficient (Wildman–Crippen LogP) is 1.16. The fraction of sp³-hybridized carbons (Fsp3) is 0.900. The maximum Gasteiger partial charge on any atom is 0.147 e. The van der Waals surface area contributed by atoms with Crippen LogP contribution in [0, 0.1) is 17.3 Å². The molecule has 0 aromatic rings. The average molecular weight is 167 g/mol. The number of likely N-dealkylation sites (tertiary alicyclic amines) is 1.